The third-order valence-electron chi connectivity index (χ3n) is 5.04. The van der Waals surface area contributed by atoms with E-state index in [9.17, 15) is 18.9 Å². The number of aromatic carboxylic acids is 1. The number of benzene rings is 2. The highest BCUT2D eigenvalue weighted by molar-refractivity contribution is 7.82. The highest BCUT2D eigenvalue weighted by Gasteiger charge is 2.25. The lowest BCUT2D eigenvalue weighted by Crippen LogP contribution is -2.40. The summed E-state index contributed by atoms with van der Waals surface area (Å²) in [4.78, 5) is 28.2. The number of likely N-dealkylation sites (N-methyl/N-ethyl adjacent to an activating group) is 1. The Morgan fingerprint density at radius 3 is 2.28 bits per heavy atom. The van der Waals surface area contributed by atoms with Crippen LogP contribution in [-0.4, -0.2) is 39.1 Å². The van der Waals surface area contributed by atoms with Gasteiger partial charge in [0.05, 0.1) is 29.2 Å². The number of carboxylic acid groups (broad SMARTS) is 1. The van der Waals surface area contributed by atoms with Crippen molar-refractivity contribution in [2.45, 2.75) is 32.2 Å². The fourth-order valence-electron chi connectivity index (χ4n) is 3.69. The number of hydrogen-bond acceptors (Lipinski definition) is 4. The predicted molar refractivity (Wildman–Crippen MR) is 129 cm³/mol. The van der Waals surface area contributed by atoms with E-state index in [0.29, 0.717) is 10.6 Å². The molecule has 168 valence electrons. The number of para-hydroxylation sites is 1. The fourth-order valence-corrected chi connectivity index (χ4v) is 5.59. The van der Waals surface area contributed by atoms with Crippen LogP contribution in [0.3, 0.4) is 0 Å². The minimum Gasteiger partial charge on any atom is -0.478 e. The van der Waals surface area contributed by atoms with Gasteiger partial charge in [0.1, 0.15) is 11.0 Å². The van der Waals surface area contributed by atoms with Crippen LogP contribution < -0.4 is 4.90 Å². The van der Waals surface area contributed by atoms with Crippen LogP contribution in [0, 0.1) is 20.8 Å². The number of carbonyl (C=O) groups is 2. The van der Waals surface area contributed by atoms with E-state index >= 15 is 0 Å². The van der Waals surface area contributed by atoms with Gasteiger partial charge in [-0.3, -0.25) is 4.79 Å². The summed E-state index contributed by atoms with van der Waals surface area (Å²) in [6.07, 6.45) is 0. The van der Waals surface area contributed by atoms with Gasteiger partial charge in [-0.05, 0) is 55.5 Å². The molecule has 1 amide bonds. The van der Waals surface area contributed by atoms with Crippen LogP contribution in [0.5, 0.6) is 0 Å². The van der Waals surface area contributed by atoms with Gasteiger partial charge in [-0.15, -0.1) is 11.3 Å². The molecule has 1 atom stereocenters. The summed E-state index contributed by atoms with van der Waals surface area (Å²) in [5.74, 6) is -1.43. The average Bonchev–Trinajstić information content (AvgIpc) is 3.24. The average molecular weight is 471 g/mol. The Labute approximate surface area is 194 Å². The number of carbonyl (C=O) groups excluding carboxylic acids is 1. The Hall–Kier alpha value is -2.81. The van der Waals surface area contributed by atoms with E-state index in [4.69, 9.17) is 0 Å². The lowest BCUT2D eigenvalue weighted by Gasteiger charge is -2.26. The van der Waals surface area contributed by atoms with Crippen molar-refractivity contribution in [1.82, 2.24) is 4.31 Å². The van der Waals surface area contributed by atoms with E-state index in [1.807, 2.05) is 50.4 Å². The molecule has 6 nitrogen and oxygen atoms in total. The predicted octanol–water partition coefficient (Wildman–Crippen LogP) is 4.56. The number of nitrogens with zero attached hydrogens (tertiary/aromatic N) is 2. The van der Waals surface area contributed by atoms with Crippen molar-refractivity contribution in [3.8, 4) is 0 Å². The Morgan fingerprint density at radius 2 is 1.69 bits per heavy atom. The summed E-state index contributed by atoms with van der Waals surface area (Å²) >= 11 is 1.49. The number of aryl methyl sites for hydroxylation is 3. The van der Waals surface area contributed by atoms with Crippen LogP contribution in [-0.2, 0) is 22.3 Å². The van der Waals surface area contributed by atoms with Gasteiger partial charge in [0.2, 0.25) is 5.91 Å². The number of rotatable bonds is 8. The third kappa shape index (κ3) is 5.32. The first-order valence-electron chi connectivity index (χ1n) is 10.0. The van der Waals surface area contributed by atoms with Crippen molar-refractivity contribution in [2.75, 3.05) is 18.5 Å². The number of amides is 1. The van der Waals surface area contributed by atoms with Crippen molar-refractivity contribution in [2.24, 2.45) is 0 Å². The molecular weight excluding hydrogens is 444 g/mol. The van der Waals surface area contributed by atoms with Gasteiger partial charge in [-0.1, -0.05) is 35.9 Å². The standard InChI is InChI=1S/C24H26N2O4S2/c1-16-12-17(2)23(18(3)13-16)32(30)25(4)15-22(27)26(14-19-8-7-11-31-19)21-10-6-5-9-20(21)24(28)29/h5-13H,14-15H2,1-4H3,(H,28,29). The molecule has 0 fully saturated rings. The fraction of sp³-hybridized carbons (Fsp3) is 0.250. The van der Waals surface area contributed by atoms with Gasteiger partial charge in [0.15, 0.2) is 0 Å². The second-order valence-electron chi connectivity index (χ2n) is 7.64. The summed E-state index contributed by atoms with van der Waals surface area (Å²) in [6.45, 7) is 5.93. The van der Waals surface area contributed by atoms with Gasteiger partial charge >= 0.3 is 5.97 Å². The molecule has 1 unspecified atom stereocenters. The molecular formula is C24H26N2O4S2. The van der Waals surface area contributed by atoms with Crippen LogP contribution in [0.25, 0.3) is 0 Å². The first-order valence-corrected chi connectivity index (χ1v) is 12.0. The third-order valence-corrected chi connectivity index (χ3v) is 7.59. The molecule has 0 aliphatic carbocycles. The molecule has 3 aromatic rings. The van der Waals surface area contributed by atoms with Gasteiger partial charge < -0.3 is 10.0 Å². The largest absolute Gasteiger partial charge is 0.478 e. The molecule has 1 N–H and O–H groups in total. The van der Waals surface area contributed by atoms with E-state index in [-0.39, 0.29) is 24.6 Å². The van der Waals surface area contributed by atoms with Crippen LogP contribution in [0.15, 0.2) is 58.8 Å². The normalized spacial score (nSPS) is 12.0. The molecule has 0 radical (unpaired) electrons. The van der Waals surface area contributed by atoms with E-state index in [1.54, 1.807) is 25.2 Å². The van der Waals surface area contributed by atoms with Crippen molar-refractivity contribution >= 4 is 39.9 Å². The summed E-state index contributed by atoms with van der Waals surface area (Å²) in [5, 5.41) is 11.5. The molecule has 32 heavy (non-hydrogen) atoms. The van der Waals surface area contributed by atoms with Gasteiger partial charge in [-0.2, -0.15) is 0 Å². The maximum absolute atomic E-state index is 13.4. The molecule has 0 spiro atoms. The molecule has 0 bridgehead atoms. The van der Waals surface area contributed by atoms with Crippen LogP contribution in [0.2, 0.25) is 0 Å². The topological polar surface area (TPSA) is 77.9 Å². The maximum atomic E-state index is 13.4. The van der Waals surface area contributed by atoms with Crippen molar-refractivity contribution in [3.05, 3.63) is 81.0 Å². The zero-order chi connectivity index (χ0) is 23.4. The van der Waals surface area contributed by atoms with Crippen LogP contribution in [0.1, 0.15) is 31.9 Å². The summed E-state index contributed by atoms with van der Waals surface area (Å²) in [5.41, 5.74) is 3.28. The molecule has 0 saturated carbocycles. The number of thiophene rings is 1. The van der Waals surface area contributed by atoms with Crippen molar-refractivity contribution < 1.29 is 18.9 Å². The minimum absolute atomic E-state index is 0.0476. The number of carboxylic acids is 1. The monoisotopic (exact) mass is 470 g/mol. The number of anilines is 1. The zero-order valence-electron chi connectivity index (χ0n) is 18.5. The molecule has 1 aromatic heterocycles. The van der Waals surface area contributed by atoms with Gasteiger partial charge in [-0.25, -0.2) is 13.3 Å². The summed E-state index contributed by atoms with van der Waals surface area (Å²) in [7, 11) is 0.104. The lowest BCUT2D eigenvalue weighted by atomic mass is 10.1. The zero-order valence-corrected chi connectivity index (χ0v) is 20.1. The van der Waals surface area contributed by atoms with Gasteiger partial charge in [0.25, 0.3) is 0 Å². The van der Waals surface area contributed by atoms with E-state index < -0.39 is 17.0 Å². The maximum Gasteiger partial charge on any atom is 0.337 e. The quantitative estimate of drug-likeness (QED) is 0.524. The molecule has 1 heterocycles. The first kappa shape index (κ1) is 23.8. The Balaban J connectivity index is 1.90. The summed E-state index contributed by atoms with van der Waals surface area (Å²) in [6, 6.07) is 14.2. The highest BCUT2D eigenvalue weighted by Crippen LogP contribution is 2.26. The van der Waals surface area contributed by atoms with E-state index in [1.165, 1.54) is 26.6 Å². The van der Waals surface area contributed by atoms with Gasteiger partial charge in [0, 0.05) is 11.9 Å². The molecule has 0 saturated heterocycles. The molecule has 0 aliphatic heterocycles. The van der Waals surface area contributed by atoms with Crippen LogP contribution in [0.4, 0.5) is 5.69 Å². The Morgan fingerprint density at radius 1 is 1.03 bits per heavy atom. The first-order chi connectivity index (χ1) is 15.2. The SMILES string of the molecule is Cc1cc(C)c(S(=O)N(C)CC(=O)N(Cc2cccs2)c2ccccc2C(=O)O)c(C)c1. The molecule has 3 rings (SSSR count). The second kappa shape index (κ2) is 10.2. The highest BCUT2D eigenvalue weighted by atomic mass is 32.2. The second-order valence-corrected chi connectivity index (χ2v) is 10.2. The molecule has 8 heteroatoms. The van der Waals surface area contributed by atoms with E-state index in [2.05, 4.69) is 0 Å². The van der Waals surface area contributed by atoms with Crippen LogP contribution >= 0.6 is 11.3 Å². The van der Waals surface area contributed by atoms with E-state index in [0.717, 1.165) is 21.6 Å². The minimum atomic E-state index is -1.53. The summed E-state index contributed by atoms with van der Waals surface area (Å²) < 4.78 is 14.8. The lowest BCUT2D eigenvalue weighted by molar-refractivity contribution is -0.118. The molecule has 0 aliphatic rings. The molecule has 2 aromatic carbocycles. The number of hydrogen-bond donors (Lipinski definition) is 1. The van der Waals surface area contributed by atoms with Crippen molar-refractivity contribution in [3.63, 3.8) is 0 Å². The van der Waals surface area contributed by atoms with Crippen molar-refractivity contribution in [1.29, 1.82) is 0 Å². The Kier molecular flexibility index (Phi) is 7.60. The smallest absolute Gasteiger partial charge is 0.337 e. The Bertz CT molecular complexity index is 1140.